The molecule has 0 saturated carbocycles. The highest BCUT2D eigenvalue weighted by Crippen LogP contribution is 2.28. The van der Waals surface area contributed by atoms with Gasteiger partial charge in [0, 0.05) is 35.7 Å². The van der Waals surface area contributed by atoms with Crippen molar-refractivity contribution < 1.29 is 22.0 Å². The van der Waals surface area contributed by atoms with E-state index in [0.717, 1.165) is 36.3 Å². The minimum absolute atomic E-state index is 0.121. The van der Waals surface area contributed by atoms with Gasteiger partial charge < -0.3 is 0 Å². The Morgan fingerprint density at radius 3 is 2.47 bits per heavy atom. The fraction of sp³-hybridized carbons (Fsp3) is 0.273. The fourth-order valence-electron chi connectivity index (χ4n) is 3.03. The molecule has 0 spiro atoms. The maximum atomic E-state index is 13.9. The van der Waals surface area contributed by atoms with Crippen LogP contribution in [-0.4, -0.2) is 36.7 Å². The summed E-state index contributed by atoms with van der Waals surface area (Å²) in [5, 5.41) is 4.40. The summed E-state index contributed by atoms with van der Waals surface area (Å²) in [5.74, 6) is -1.91. The van der Waals surface area contributed by atoms with E-state index in [9.17, 15) is 22.0 Å². The number of sulfonamides is 1. The lowest BCUT2D eigenvalue weighted by Crippen LogP contribution is -2.31. The smallest absolute Gasteiger partial charge is 0.257 e. The Bertz CT molecular complexity index is 1200. The van der Waals surface area contributed by atoms with E-state index in [4.69, 9.17) is 0 Å². The van der Waals surface area contributed by atoms with Crippen LogP contribution in [0.15, 0.2) is 52.7 Å². The zero-order valence-electron chi connectivity index (χ0n) is 17.6. The highest BCUT2D eigenvalue weighted by Gasteiger charge is 2.23. The first-order valence-corrected chi connectivity index (χ1v) is 12.4. The van der Waals surface area contributed by atoms with Crippen molar-refractivity contribution in [3.8, 4) is 11.3 Å². The van der Waals surface area contributed by atoms with Crippen molar-refractivity contribution in [3.05, 3.63) is 65.0 Å². The second-order valence-corrected chi connectivity index (χ2v) is 9.79. The molecule has 0 unspecified atom stereocenters. The van der Waals surface area contributed by atoms with E-state index in [0.29, 0.717) is 13.1 Å². The molecule has 32 heavy (non-hydrogen) atoms. The summed E-state index contributed by atoms with van der Waals surface area (Å²) in [5.41, 5.74) is 0.655. The van der Waals surface area contributed by atoms with Gasteiger partial charge >= 0.3 is 0 Å². The van der Waals surface area contributed by atoms with E-state index < -0.39 is 27.6 Å². The summed E-state index contributed by atoms with van der Waals surface area (Å²) in [6.07, 6.45) is 1.66. The van der Waals surface area contributed by atoms with Crippen molar-refractivity contribution in [1.82, 2.24) is 9.29 Å². The van der Waals surface area contributed by atoms with E-state index in [2.05, 4.69) is 10.3 Å². The van der Waals surface area contributed by atoms with Crippen molar-refractivity contribution in [3.63, 3.8) is 0 Å². The fourth-order valence-corrected chi connectivity index (χ4v) is 5.22. The van der Waals surface area contributed by atoms with Gasteiger partial charge in [-0.25, -0.2) is 22.2 Å². The van der Waals surface area contributed by atoms with Gasteiger partial charge in [0.2, 0.25) is 10.0 Å². The molecule has 1 amide bonds. The number of nitrogens with zero attached hydrogens (tertiary/aromatic N) is 2. The van der Waals surface area contributed by atoms with E-state index in [1.807, 2.05) is 6.92 Å². The van der Waals surface area contributed by atoms with E-state index >= 15 is 0 Å². The maximum Gasteiger partial charge on any atom is 0.257 e. The average Bonchev–Trinajstić information content (AvgIpc) is 3.22. The largest absolute Gasteiger partial charge is 0.298 e. The van der Waals surface area contributed by atoms with Gasteiger partial charge in [0.1, 0.15) is 11.6 Å². The summed E-state index contributed by atoms with van der Waals surface area (Å²) < 4.78 is 54.0. The monoisotopic (exact) mass is 479 g/mol. The topological polar surface area (TPSA) is 79.4 Å². The summed E-state index contributed by atoms with van der Waals surface area (Å²) >= 11 is 1.10. The van der Waals surface area contributed by atoms with Gasteiger partial charge in [0.05, 0.1) is 10.6 Å². The van der Waals surface area contributed by atoms with Crippen LogP contribution in [0.4, 0.5) is 13.9 Å². The first kappa shape index (κ1) is 24.0. The third kappa shape index (κ3) is 5.37. The number of benzene rings is 2. The van der Waals surface area contributed by atoms with Crippen LogP contribution in [0.1, 0.15) is 37.0 Å². The van der Waals surface area contributed by atoms with Crippen LogP contribution in [0, 0.1) is 11.6 Å². The number of amides is 1. The summed E-state index contributed by atoms with van der Waals surface area (Å²) in [4.78, 5) is 16.8. The van der Waals surface area contributed by atoms with Gasteiger partial charge in [-0.3, -0.25) is 10.1 Å². The molecule has 10 heteroatoms. The molecule has 0 atom stereocenters. The molecule has 0 radical (unpaired) electrons. The van der Waals surface area contributed by atoms with E-state index in [1.165, 1.54) is 34.6 Å². The van der Waals surface area contributed by atoms with Crippen LogP contribution in [-0.2, 0) is 10.0 Å². The molecule has 0 bridgehead atoms. The van der Waals surface area contributed by atoms with E-state index in [-0.39, 0.29) is 26.8 Å². The molecule has 170 valence electrons. The predicted octanol–water partition coefficient (Wildman–Crippen LogP) is 5.15. The van der Waals surface area contributed by atoms with Crippen LogP contribution in [0.5, 0.6) is 0 Å². The molecule has 0 fully saturated rings. The lowest BCUT2D eigenvalue weighted by Gasteiger charge is -2.20. The average molecular weight is 480 g/mol. The van der Waals surface area contributed by atoms with Gasteiger partial charge in [-0.05, 0) is 42.8 Å². The number of hydrogen-bond acceptors (Lipinski definition) is 5. The highest BCUT2D eigenvalue weighted by molar-refractivity contribution is 7.89. The number of carbonyl (C=O) groups is 1. The molecule has 0 aliphatic rings. The minimum Gasteiger partial charge on any atom is -0.298 e. The number of carbonyl (C=O) groups excluding carboxylic acids is 1. The Hall–Kier alpha value is -2.69. The Balaban J connectivity index is 1.72. The number of hydrogen-bond donors (Lipinski definition) is 1. The zero-order valence-corrected chi connectivity index (χ0v) is 19.3. The predicted molar refractivity (Wildman–Crippen MR) is 121 cm³/mol. The molecule has 6 nitrogen and oxygen atoms in total. The third-order valence-corrected chi connectivity index (χ3v) is 7.55. The molecular weight excluding hydrogens is 456 g/mol. The first-order valence-electron chi connectivity index (χ1n) is 10.1. The van der Waals surface area contributed by atoms with Gasteiger partial charge in [-0.2, -0.15) is 4.31 Å². The van der Waals surface area contributed by atoms with Crippen LogP contribution in [0.3, 0.4) is 0 Å². The van der Waals surface area contributed by atoms with Gasteiger partial charge in [0.15, 0.2) is 5.13 Å². The molecule has 0 aliphatic carbocycles. The molecule has 1 N–H and O–H groups in total. The van der Waals surface area contributed by atoms with Crippen molar-refractivity contribution >= 4 is 32.4 Å². The number of nitrogens with one attached hydrogen (secondary N) is 1. The van der Waals surface area contributed by atoms with Gasteiger partial charge in [-0.1, -0.05) is 20.3 Å². The number of unbranched alkanes of at least 4 members (excludes halogenated alkanes) is 1. The van der Waals surface area contributed by atoms with Gasteiger partial charge in [0.25, 0.3) is 5.91 Å². The third-order valence-electron chi connectivity index (χ3n) is 4.80. The van der Waals surface area contributed by atoms with Crippen LogP contribution >= 0.6 is 11.3 Å². The quantitative estimate of drug-likeness (QED) is 0.460. The summed E-state index contributed by atoms with van der Waals surface area (Å²) in [6, 6.07) is 8.86. The van der Waals surface area contributed by atoms with Crippen molar-refractivity contribution in [2.45, 2.75) is 31.6 Å². The summed E-state index contributed by atoms with van der Waals surface area (Å²) in [7, 11) is -3.63. The number of anilines is 1. The van der Waals surface area contributed by atoms with Gasteiger partial charge in [-0.15, -0.1) is 11.3 Å². The standard InChI is InChI=1S/C22H23F2N3O3S2/c1-3-5-12-27(4-2)32(29,30)17-9-6-15(7-10-17)21(28)26-22-25-20(14-31-22)18-11-8-16(23)13-19(18)24/h6-11,13-14H,3-5,12H2,1-2H3,(H,25,26,28). The number of halogens is 2. The Labute approximate surface area is 190 Å². The number of rotatable bonds is 9. The van der Waals surface area contributed by atoms with Crippen LogP contribution in [0.25, 0.3) is 11.3 Å². The molecule has 2 aromatic carbocycles. The Morgan fingerprint density at radius 2 is 1.84 bits per heavy atom. The normalized spacial score (nSPS) is 11.7. The van der Waals surface area contributed by atoms with Crippen molar-refractivity contribution in [2.75, 3.05) is 18.4 Å². The highest BCUT2D eigenvalue weighted by atomic mass is 32.2. The first-order chi connectivity index (χ1) is 15.3. The minimum atomic E-state index is -3.63. The molecule has 1 aromatic heterocycles. The molecule has 0 saturated heterocycles. The second-order valence-electron chi connectivity index (χ2n) is 6.99. The Kier molecular flexibility index (Phi) is 7.70. The zero-order chi connectivity index (χ0) is 23.3. The summed E-state index contributed by atoms with van der Waals surface area (Å²) in [6.45, 7) is 4.59. The second kappa shape index (κ2) is 10.3. The van der Waals surface area contributed by atoms with Crippen LogP contribution in [0.2, 0.25) is 0 Å². The lowest BCUT2D eigenvalue weighted by molar-refractivity contribution is 0.102. The lowest BCUT2D eigenvalue weighted by atomic mass is 10.1. The molecule has 0 aliphatic heterocycles. The SMILES string of the molecule is CCCCN(CC)S(=O)(=O)c1ccc(C(=O)Nc2nc(-c3ccc(F)cc3F)cs2)cc1. The van der Waals surface area contributed by atoms with Crippen LogP contribution < -0.4 is 5.32 Å². The number of aromatic nitrogens is 1. The molecular formula is C22H23F2N3O3S2. The Morgan fingerprint density at radius 1 is 1.12 bits per heavy atom. The molecule has 3 aromatic rings. The van der Waals surface area contributed by atoms with Crippen molar-refractivity contribution in [2.24, 2.45) is 0 Å². The molecule has 3 rings (SSSR count). The maximum absolute atomic E-state index is 13.9. The number of thiazole rings is 1. The van der Waals surface area contributed by atoms with E-state index in [1.54, 1.807) is 12.3 Å². The van der Waals surface area contributed by atoms with Crippen molar-refractivity contribution in [1.29, 1.82) is 0 Å². The molecule has 1 heterocycles.